The van der Waals surface area contributed by atoms with Gasteiger partial charge in [-0.05, 0) is 61.9 Å². The van der Waals surface area contributed by atoms with Crippen LogP contribution in [0, 0.1) is 5.92 Å². The predicted molar refractivity (Wildman–Crippen MR) is 125 cm³/mol. The van der Waals surface area contributed by atoms with Gasteiger partial charge in [-0.1, -0.05) is 31.4 Å². The van der Waals surface area contributed by atoms with Crippen LogP contribution in [0.1, 0.15) is 73.7 Å². The first kappa shape index (κ1) is 21.0. The molecule has 0 spiro atoms. The molecule has 4 fully saturated rings. The number of aromatic nitrogens is 2. The van der Waals surface area contributed by atoms with Crippen molar-refractivity contribution in [2.24, 2.45) is 13.0 Å². The number of ether oxygens (including phenoxy) is 1. The highest BCUT2D eigenvalue weighted by Crippen LogP contribution is 2.42. The lowest BCUT2D eigenvalue weighted by molar-refractivity contribution is 0.0282. The van der Waals surface area contributed by atoms with Crippen molar-refractivity contribution in [1.82, 2.24) is 20.0 Å². The lowest BCUT2D eigenvalue weighted by Crippen LogP contribution is -2.55. The van der Waals surface area contributed by atoms with E-state index in [1.807, 2.05) is 12.1 Å². The third-order valence-electron chi connectivity index (χ3n) is 8.08. The van der Waals surface area contributed by atoms with E-state index in [0.717, 1.165) is 24.8 Å². The number of aryl methyl sites for hydroxylation is 1. The van der Waals surface area contributed by atoms with Gasteiger partial charge in [0.1, 0.15) is 5.75 Å². The molecule has 1 aromatic heterocycles. The van der Waals surface area contributed by atoms with E-state index >= 15 is 0 Å². The largest absolute Gasteiger partial charge is 0.497 e. The molecule has 1 N–H and O–H groups in total. The third-order valence-corrected chi connectivity index (χ3v) is 8.08. The van der Waals surface area contributed by atoms with Gasteiger partial charge < -0.3 is 10.1 Å². The van der Waals surface area contributed by atoms with E-state index in [4.69, 9.17) is 9.84 Å². The van der Waals surface area contributed by atoms with Gasteiger partial charge in [-0.2, -0.15) is 5.10 Å². The van der Waals surface area contributed by atoms with Gasteiger partial charge in [0.2, 0.25) is 0 Å². The summed E-state index contributed by atoms with van der Waals surface area (Å²) in [6, 6.07) is 11.5. The highest BCUT2D eigenvalue weighted by Gasteiger charge is 2.41. The van der Waals surface area contributed by atoms with Crippen molar-refractivity contribution in [2.75, 3.05) is 26.7 Å². The molecular formula is C26H38N4O. The maximum atomic E-state index is 5.26. The van der Waals surface area contributed by atoms with Crippen LogP contribution in [0.4, 0.5) is 0 Å². The molecule has 6 rings (SSSR count). The predicted octanol–water partition coefficient (Wildman–Crippen LogP) is 4.44. The number of piperidine rings is 3. The summed E-state index contributed by atoms with van der Waals surface area (Å²) < 4.78 is 7.48. The normalized spacial score (nSPS) is 28.7. The molecule has 4 heterocycles. The zero-order valence-electron chi connectivity index (χ0n) is 19.2. The van der Waals surface area contributed by atoms with Crippen LogP contribution in [0.2, 0.25) is 0 Å². The lowest BCUT2D eigenvalue weighted by atomic mass is 9.74. The van der Waals surface area contributed by atoms with Crippen LogP contribution in [-0.4, -0.2) is 47.5 Å². The Bertz CT molecular complexity index is 855. The van der Waals surface area contributed by atoms with Gasteiger partial charge in [0.05, 0.1) is 12.8 Å². The minimum atomic E-state index is 0.654. The molecule has 4 aliphatic rings. The average molecular weight is 423 g/mol. The van der Waals surface area contributed by atoms with E-state index in [0.29, 0.717) is 17.9 Å². The van der Waals surface area contributed by atoms with Crippen LogP contribution in [0.5, 0.6) is 5.75 Å². The molecule has 1 unspecified atom stereocenters. The first-order valence-corrected chi connectivity index (χ1v) is 12.3. The van der Waals surface area contributed by atoms with Gasteiger partial charge in [-0.3, -0.25) is 9.58 Å². The molecule has 3 aliphatic heterocycles. The standard InChI is InChI=1S/C26H38N4O/c1-29-26(15-25(28-29)20-6-4-3-5-7-20)24-18-30-13-12-21(24)14-22(30)17-27-16-19-8-10-23(31-2)11-9-19/h8-11,15,20-22,24,27H,3-7,12-14,16-18H2,1-2H3/t21-,22+,24+/m0/s1. The van der Waals surface area contributed by atoms with Crippen LogP contribution in [0.3, 0.4) is 0 Å². The van der Waals surface area contributed by atoms with Gasteiger partial charge >= 0.3 is 0 Å². The molecular weight excluding hydrogens is 384 g/mol. The number of rotatable bonds is 7. The van der Waals surface area contributed by atoms with Crippen LogP contribution < -0.4 is 10.1 Å². The molecule has 2 bridgehead atoms. The molecule has 5 heteroatoms. The number of methoxy groups -OCH3 is 1. The van der Waals surface area contributed by atoms with Crippen LogP contribution in [0.15, 0.2) is 30.3 Å². The van der Waals surface area contributed by atoms with E-state index in [-0.39, 0.29) is 0 Å². The van der Waals surface area contributed by atoms with Crippen LogP contribution >= 0.6 is 0 Å². The van der Waals surface area contributed by atoms with Crippen LogP contribution in [-0.2, 0) is 13.6 Å². The van der Waals surface area contributed by atoms with Crippen molar-refractivity contribution in [3.63, 3.8) is 0 Å². The monoisotopic (exact) mass is 422 g/mol. The summed E-state index contributed by atoms with van der Waals surface area (Å²) in [7, 11) is 3.89. The Morgan fingerprint density at radius 3 is 2.61 bits per heavy atom. The average Bonchev–Trinajstić information content (AvgIpc) is 3.22. The topological polar surface area (TPSA) is 42.3 Å². The fourth-order valence-electron chi connectivity index (χ4n) is 6.26. The summed E-state index contributed by atoms with van der Waals surface area (Å²) >= 11 is 0. The van der Waals surface area contributed by atoms with Crippen molar-refractivity contribution in [1.29, 1.82) is 0 Å². The molecule has 1 aliphatic carbocycles. The Morgan fingerprint density at radius 2 is 1.90 bits per heavy atom. The molecule has 2 aromatic rings. The highest BCUT2D eigenvalue weighted by molar-refractivity contribution is 5.27. The van der Waals surface area contributed by atoms with E-state index in [1.165, 1.54) is 75.0 Å². The van der Waals surface area contributed by atoms with Gasteiger partial charge in [0, 0.05) is 50.3 Å². The maximum absolute atomic E-state index is 5.26. The molecule has 4 atom stereocenters. The van der Waals surface area contributed by atoms with Crippen molar-refractivity contribution in [2.45, 2.75) is 69.4 Å². The molecule has 1 saturated carbocycles. The first-order chi connectivity index (χ1) is 15.2. The molecule has 0 radical (unpaired) electrons. The number of hydrogen-bond donors (Lipinski definition) is 1. The molecule has 3 saturated heterocycles. The number of fused-ring (bicyclic) bond motifs is 3. The summed E-state index contributed by atoms with van der Waals surface area (Å²) in [5.41, 5.74) is 4.17. The fourth-order valence-corrected chi connectivity index (χ4v) is 6.26. The quantitative estimate of drug-likeness (QED) is 0.716. The number of benzene rings is 1. The second-order valence-corrected chi connectivity index (χ2v) is 9.97. The van der Waals surface area contributed by atoms with E-state index in [1.54, 1.807) is 7.11 Å². The van der Waals surface area contributed by atoms with Gasteiger partial charge in [-0.15, -0.1) is 0 Å². The minimum Gasteiger partial charge on any atom is -0.497 e. The molecule has 5 nitrogen and oxygen atoms in total. The van der Waals surface area contributed by atoms with Crippen LogP contribution in [0.25, 0.3) is 0 Å². The summed E-state index contributed by atoms with van der Waals surface area (Å²) in [5.74, 6) is 3.07. The van der Waals surface area contributed by atoms with E-state index < -0.39 is 0 Å². The summed E-state index contributed by atoms with van der Waals surface area (Å²) in [6.45, 7) is 4.45. The second-order valence-electron chi connectivity index (χ2n) is 9.97. The number of nitrogens with one attached hydrogen (secondary N) is 1. The Hall–Kier alpha value is -1.85. The highest BCUT2D eigenvalue weighted by atomic mass is 16.5. The Kier molecular flexibility index (Phi) is 6.33. The number of nitrogens with zero attached hydrogens (tertiary/aromatic N) is 3. The number of hydrogen-bond acceptors (Lipinski definition) is 4. The zero-order chi connectivity index (χ0) is 21.2. The fraction of sp³-hybridized carbons (Fsp3) is 0.654. The second kappa shape index (κ2) is 9.33. The smallest absolute Gasteiger partial charge is 0.118 e. The Labute approximate surface area is 187 Å². The van der Waals surface area contributed by atoms with Gasteiger partial charge in [-0.25, -0.2) is 0 Å². The third kappa shape index (κ3) is 4.54. The molecule has 1 aromatic carbocycles. The SMILES string of the molecule is COc1ccc(CNC[C@H]2C[C@@H]3CCN2C[C@H]3c2cc(C3CCCCC3)nn2C)cc1. The van der Waals surface area contributed by atoms with Crippen molar-refractivity contribution >= 4 is 0 Å². The van der Waals surface area contributed by atoms with Gasteiger partial charge in [0.25, 0.3) is 0 Å². The first-order valence-electron chi connectivity index (χ1n) is 12.3. The summed E-state index contributed by atoms with van der Waals surface area (Å²) in [6.07, 6.45) is 9.47. The van der Waals surface area contributed by atoms with E-state index in [2.05, 4.69) is 40.1 Å². The van der Waals surface area contributed by atoms with Crippen molar-refractivity contribution in [3.8, 4) is 5.75 Å². The Balaban J connectivity index is 1.17. The summed E-state index contributed by atoms with van der Waals surface area (Å²) in [4.78, 5) is 2.74. The van der Waals surface area contributed by atoms with Crippen molar-refractivity contribution < 1.29 is 4.74 Å². The van der Waals surface area contributed by atoms with Crippen molar-refractivity contribution in [3.05, 3.63) is 47.3 Å². The summed E-state index contributed by atoms with van der Waals surface area (Å²) in [5, 5.41) is 8.69. The van der Waals surface area contributed by atoms with E-state index in [9.17, 15) is 0 Å². The molecule has 0 amide bonds. The maximum Gasteiger partial charge on any atom is 0.118 e. The minimum absolute atomic E-state index is 0.654. The van der Waals surface area contributed by atoms with Gasteiger partial charge in [0.15, 0.2) is 0 Å². The zero-order valence-corrected chi connectivity index (χ0v) is 19.2. The molecule has 31 heavy (non-hydrogen) atoms. The Morgan fingerprint density at radius 1 is 1.10 bits per heavy atom. The lowest BCUT2D eigenvalue weighted by Gasteiger charge is -2.50. The molecule has 168 valence electrons.